The van der Waals surface area contributed by atoms with E-state index in [1.807, 2.05) is 30.4 Å². The van der Waals surface area contributed by atoms with Crippen LogP contribution in [0.4, 0.5) is 0 Å². The molecule has 4 bridgehead atoms. The molecule has 2 heterocycles. The summed E-state index contributed by atoms with van der Waals surface area (Å²) in [4.78, 5) is 28.8. The molecule has 0 radical (unpaired) electrons. The van der Waals surface area contributed by atoms with Crippen molar-refractivity contribution in [1.29, 1.82) is 0 Å². The number of methoxy groups -OCH3 is 1. The van der Waals surface area contributed by atoms with Crippen LogP contribution >= 0.6 is 0 Å². The second-order valence-corrected chi connectivity index (χ2v) is 11.1. The molecule has 4 aliphatic carbocycles. The molecule has 1 aromatic rings. The molecule has 5 aliphatic rings. The van der Waals surface area contributed by atoms with E-state index >= 15 is 0 Å². The lowest BCUT2D eigenvalue weighted by Crippen LogP contribution is -2.45. The Bertz CT molecular complexity index is 1070. The first-order chi connectivity index (χ1) is 14.9. The maximum Gasteiger partial charge on any atom is 0.310 e. The maximum atomic E-state index is 13.3. The van der Waals surface area contributed by atoms with Crippen molar-refractivity contribution in [3.8, 4) is 0 Å². The van der Waals surface area contributed by atoms with Crippen LogP contribution in [0.2, 0.25) is 0 Å². The first-order valence-corrected chi connectivity index (χ1v) is 12.2. The summed E-state index contributed by atoms with van der Waals surface area (Å²) in [6.45, 7) is 0. The number of carbonyl (C=O) groups is 2. The van der Waals surface area contributed by atoms with Crippen LogP contribution in [-0.2, 0) is 33.4 Å². The fraction of sp³-hybridized carbons (Fsp3) is 0.591. The molecule has 10 unspecified atom stereocenters. The second kappa shape index (κ2) is 6.62. The van der Waals surface area contributed by atoms with Gasteiger partial charge >= 0.3 is 11.9 Å². The SMILES string of the molecule is COC(=O)C1C2C=CC(C2)C1C(=O)OC1C2CC3C1OS(=O)(=O)C3C2c1cccc[nH+]1. The van der Waals surface area contributed by atoms with Crippen molar-refractivity contribution in [1.82, 2.24) is 0 Å². The van der Waals surface area contributed by atoms with Crippen molar-refractivity contribution in [2.75, 3.05) is 7.11 Å². The normalized spacial score (nSPS) is 45.2. The maximum absolute atomic E-state index is 13.3. The summed E-state index contributed by atoms with van der Waals surface area (Å²) in [6, 6.07) is 5.58. The zero-order valence-electron chi connectivity index (χ0n) is 16.9. The van der Waals surface area contributed by atoms with E-state index in [0.717, 1.165) is 12.1 Å². The van der Waals surface area contributed by atoms with E-state index in [1.165, 1.54) is 7.11 Å². The average molecular weight is 447 g/mol. The molecule has 1 aliphatic heterocycles. The number of carbonyl (C=O) groups excluding carboxylic acids is 2. The van der Waals surface area contributed by atoms with Gasteiger partial charge in [-0.3, -0.25) is 13.8 Å². The number of rotatable bonds is 4. The van der Waals surface area contributed by atoms with Crippen molar-refractivity contribution in [2.24, 2.45) is 35.5 Å². The quantitative estimate of drug-likeness (QED) is 0.383. The Morgan fingerprint density at radius 1 is 1.06 bits per heavy atom. The molecule has 9 heteroatoms. The van der Waals surface area contributed by atoms with Crippen LogP contribution in [-0.4, -0.2) is 44.9 Å². The molecule has 6 rings (SSSR count). The van der Waals surface area contributed by atoms with Gasteiger partial charge < -0.3 is 9.47 Å². The van der Waals surface area contributed by atoms with Gasteiger partial charge in [0.1, 0.15) is 17.5 Å². The molecular formula is C22H24NO7S+. The zero-order valence-corrected chi connectivity index (χ0v) is 17.7. The van der Waals surface area contributed by atoms with Crippen LogP contribution in [0.15, 0.2) is 36.5 Å². The van der Waals surface area contributed by atoms with E-state index in [2.05, 4.69) is 4.98 Å². The highest BCUT2D eigenvalue weighted by atomic mass is 32.2. The summed E-state index contributed by atoms with van der Waals surface area (Å²) in [5.74, 6) is -2.73. The standard InChI is InChI=1S/C22H23NO7S/c1-28-21(24)15-10-5-6-11(8-10)16(15)22(25)29-18-12-9-13-19(18)30-31(26,27)20(13)17(12)14-4-2-3-7-23-14/h2-7,10-13,15-20H,8-9H2,1H3/p+1. The molecule has 0 amide bonds. The van der Waals surface area contributed by atoms with Gasteiger partial charge in [0.25, 0.3) is 10.1 Å². The molecule has 10 atom stereocenters. The van der Waals surface area contributed by atoms with Gasteiger partial charge in [-0.05, 0) is 24.7 Å². The lowest BCUT2D eigenvalue weighted by atomic mass is 9.81. The third-order valence-electron chi connectivity index (χ3n) is 8.08. The Morgan fingerprint density at radius 3 is 2.48 bits per heavy atom. The Balaban J connectivity index is 1.30. The van der Waals surface area contributed by atoms with E-state index in [-0.39, 0.29) is 29.6 Å². The summed E-state index contributed by atoms with van der Waals surface area (Å²) in [7, 11) is -2.42. The number of aromatic amines is 1. The highest BCUT2D eigenvalue weighted by Crippen LogP contribution is 2.61. The lowest BCUT2D eigenvalue weighted by molar-refractivity contribution is -0.394. The van der Waals surface area contributed by atoms with Crippen molar-refractivity contribution < 1.29 is 36.6 Å². The van der Waals surface area contributed by atoms with Gasteiger partial charge in [0.05, 0.1) is 24.9 Å². The highest BCUT2D eigenvalue weighted by Gasteiger charge is 2.71. The minimum absolute atomic E-state index is 0.0193. The number of pyridine rings is 1. The van der Waals surface area contributed by atoms with Crippen LogP contribution in [0.3, 0.4) is 0 Å². The minimum Gasteiger partial charge on any atom is -0.469 e. The van der Waals surface area contributed by atoms with Crippen LogP contribution in [0.1, 0.15) is 24.5 Å². The van der Waals surface area contributed by atoms with Crippen LogP contribution in [0.25, 0.3) is 0 Å². The molecule has 3 saturated carbocycles. The molecule has 164 valence electrons. The van der Waals surface area contributed by atoms with Crippen LogP contribution < -0.4 is 4.98 Å². The number of ether oxygens (including phenoxy) is 2. The Hall–Kier alpha value is -2.26. The number of H-pyrrole nitrogens is 1. The number of hydrogen-bond donors (Lipinski definition) is 0. The number of fused-ring (bicyclic) bond motifs is 3. The zero-order chi connectivity index (χ0) is 21.5. The third kappa shape index (κ3) is 2.62. The minimum atomic E-state index is -3.75. The van der Waals surface area contributed by atoms with Gasteiger partial charge in [-0.15, -0.1) is 0 Å². The predicted molar refractivity (Wildman–Crippen MR) is 105 cm³/mol. The lowest BCUT2D eigenvalue weighted by Gasteiger charge is -2.32. The third-order valence-corrected chi connectivity index (χ3v) is 9.88. The largest absolute Gasteiger partial charge is 0.469 e. The van der Waals surface area contributed by atoms with Crippen molar-refractivity contribution in [3.05, 3.63) is 42.2 Å². The molecule has 0 aromatic carbocycles. The Morgan fingerprint density at radius 2 is 1.81 bits per heavy atom. The smallest absolute Gasteiger partial charge is 0.310 e. The van der Waals surface area contributed by atoms with E-state index in [0.29, 0.717) is 6.42 Å². The molecule has 1 N–H and O–H groups in total. The number of aromatic nitrogens is 1. The van der Waals surface area contributed by atoms with Crippen LogP contribution in [0, 0.1) is 35.5 Å². The monoisotopic (exact) mass is 446 g/mol. The first kappa shape index (κ1) is 19.4. The molecule has 31 heavy (non-hydrogen) atoms. The summed E-state index contributed by atoms with van der Waals surface area (Å²) < 4.78 is 42.0. The summed E-state index contributed by atoms with van der Waals surface area (Å²) in [6.07, 6.45) is 5.80. The second-order valence-electron chi connectivity index (χ2n) is 9.35. The molecule has 0 spiro atoms. The number of hydrogen-bond acceptors (Lipinski definition) is 7. The number of allylic oxidation sites excluding steroid dienone is 2. The van der Waals surface area contributed by atoms with Crippen molar-refractivity contribution in [2.45, 2.75) is 36.2 Å². The van der Waals surface area contributed by atoms with Crippen molar-refractivity contribution in [3.63, 3.8) is 0 Å². The van der Waals surface area contributed by atoms with E-state index in [4.69, 9.17) is 13.7 Å². The summed E-state index contributed by atoms with van der Waals surface area (Å²) >= 11 is 0. The molecule has 4 fully saturated rings. The fourth-order valence-corrected chi connectivity index (χ4v) is 9.07. The molecule has 1 saturated heterocycles. The Labute approximate surface area is 180 Å². The number of nitrogens with one attached hydrogen (secondary N) is 1. The van der Waals surface area contributed by atoms with Crippen molar-refractivity contribution >= 4 is 22.1 Å². The summed E-state index contributed by atoms with van der Waals surface area (Å²) in [5.41, 5.74) is 0.809. The van der Waals surface area contributed by atoms with Gasteiger partial charge in [-0.2, -0.15) is 8.42 Å². The van der Waals surface area contributed by atoms with Gasteiger partial charge in [-0.1, -0.05) is 18.2 Å². The fourth-order valence-electron chi connectivity index (χ4n) is 6.98. The molecule has 1 aromatic heterocycles. The topological polar surface area (TPSA) is 110 Å². The average Bonchev–Trinajstić information content (AvgIpc) is 3.55. The van der Waals surface area contributed by atoms with Crippen LogP contribution in [0.5, 0.6) is 0 Å². The van der Waals surface area contributed by atoms with E-state index in [1.54, 1.807) is 6.20 Å². The summed E-state index contributed by atoms with van der Waals surface area (Å²) in [5, 5.41) is -0.621. The first-order valence-electron chi connectivity index (χ1n) is 10.8. The Kier molecular flexibility index (Phi) is 4.15. The molecular weight excluding hydrogens is 422 g/mol. The van der Waals surface area contributed by atoms with E-state index < -0.39 is 51.4 Å². The van der Waals surface area contributed by atoms with E-state index in [9.17, 15) is 18.0 Å². The van der Waals surface area contributed by atoms with Gasteiger partial charge in [0.15, 0.2) is 11.9 Å². The van der Waals surface area contributed by atoms with Gasteiger partial charge in [-0.25, -0.2) is 4.98 Å². The van der Waals surface area contributed by atoms with Gasteiger partial charge in [0, 0.05) is 24.0 Å². The molecule has 8 nitrogen and oxygen atoms in total. The predicted octanol–water partition coefficient (Wildman–Crippen LogP) is 0.854. The highest BCUT2D eigenvalue weighted by molar-refractivity contribution is 7.87. The van der Waals surface area contributed by atoms with Gasteiger partial charge in [0.2, 0.25) is 0 Å². The number of esters is 2.